The number of halogens is 1. The maximum atomic E-state index is 12.2. The van der Waals surface area contributed by atoms with E-state index in [0.717, 1.165) is 5.56 Å². The van der Waals surface area contributed by atoms with Gasteiger partial charge in [0.05, 0.1) is 23.5 Å². The van der Waals surface area contributed by atoms with Gasteiger partial charge in [-0.2, -0.15) is 9.67 Å². The Labute approximate surface area is 173 Å². The number of carbonyl (C=O) groups is 2. The Bertz CT molecular complexity index is 1110. The topological polar surface area (TPSA) is 155 Å². The fraction of sp³-hybridized carbons (Fsp3) is 0.235. The van der Waals surface area contributed by atoms with Gasteiger partial charge in [0.25, 0.3) is 0 Å². The van der Waals surface area contributed by atoms with E-state index in [-0.39, 0.29) is 29.8 Å². The molecule has 30 heavy (non-hydrogen) atoms. The summed E-state index contributed by atoms with van der Waals surface area (Å²) in [5, 5.41) is 20.9. The average molecular weight is 435 g/mol. The van der Waals surface area contributed by atoms with E-state index in [1.54, 1.807) is 31.2 Å². The van der Waals surface area contributed by atoms with E-state index in [4.69, 9.17) is 16.1 Å². The number of rotatable bonds is 7. The van der Waals surface area contributed by atoms with Crippen molar-refractivity contribution in [3.05, 3.63) is 67.9 Å². The molecule has 0 bridgehead atoms. The molecular formula is C17H15ClN6O6. The average Bonchev–Trinajstić information content (AvgIpc) is 3.32. The predicted octanol–water partition coefficient (Wildman–Crippen LogP) is 1.90. The van der Waals surface area contributed by atoms with Gasteiger partial charge >= 0.3 is 23.6 Å². The molecule has 156 valence electrons. The number of amides is 1. The zero-order valence-electron chi connectivity index (χ0n) is 15.8. The third-order valence-corrected chi connectivity index (χ3v) is 4.51. The second kappa shape index (κ2) is 8.69. The second-order valence-corrected chi connectivity index (χ2v) is 6.40. The van der Waals surface area contributed by atoms with Crippen LogP contribution in [0.4, 0.5) is 5.82 Å². The summed E-state index contributed by atoms with van der Waals surface area (Å²) < 4.78 is 10.8. The number of carbonyl (C=O) groups excluding carboxylic acids is 2. The number of nitrogens with zero attached hydrogens (tertiary/aromatic N) is 5. The lowest BCUT2D eigenvalue weighted by molar-refractivity contribution is -0.389. The van der Waals surface area contributed by atoms with E-state index >= 15 is 0 Å². The summed E-state index contributed by atoms with van der Waals surface area (Å²) in [7, 11) is 1.29. The van der Waals surface area contributed by atoms with Crippen LogP contribution < -0.4 is 5.32 Å². The maximum Gasteiger partial charge on any atom is 0.408 e. The van der Waals surface area contributed by atoms with Crippen LogP contribution in [0.25, 0.3) is 0 Å². The van der Waals surface area contributed by atoms with Gasteiger partial charge in [0.2, 0.25) is 0 Å². The smallest absolute Gasteiger partial charge is 0.408 e. The van der Waals surface area contributed by atoms with Crippen molar-refractivity contribution in [1.29, 1.82) is 0 Å². The zero-order valence-corrected chi connectivity index (χ0v) is 16.5. The van der Waals surface area contributed by atoms with E-state index in [0.29, 0.717) is 11.3 Å². The third kappa shape index (κ3) is 4.43. The predicted molar refractivity (Wildman–Crippen MR) is 101 cm³/mol. The van der Waals surface area contributed by atoms with Gasteiger partial charge in [-0.25, -0.2) is 4.79 Å². The molecule has 0 unspecified atom stereocenters. The fourth-order valence-corrected chi connectivity index (χ4v) is 2.66. The Kier molecular flexibility index (Phi) is 6.06. The highest BCUT2D eigenvalue weighted by atomic mass is 35.5. The minimum atomic E-state index is -0.696. The van der Waals surface area contributed by atoms with Gasteiger partial charge in [0.15, 0.2) is 10.8 Å². The number of hydrogen-bond donors (Lipinski definition) is 1. The lowest BCUT2D eigenvalue weighted by Gasteiger charge is -2.04. The Balaban J connectivity index is 1.62. The molecule has 2 heterocycles. The minimum Gasteiger partial charge on any atom is -0.465 e. The number of hydrogen-bond acceptors (Lipinski definition) is 9. The van der Waals surface area contributed by atoms with Crippen LogP contribution in [0.5, 0.6) is 0 Å². The van der Waals surface area contributed by atoms with Crippen LogP contribution in [0, 0.1) is 17.0 Å². The molecule has 0 aliphatic carbocycles. The van der Waals surface area contributed by atoms with Gasteiger partial charge in [-0.15, -0.1) is 0 Å². The number of aromatic nitrogens is 4. The Hall–Kier alpha value is -3.80. The fourth-order valence-electron chi connectivity index (χ4n) is 2.46. The molecule has 1 N–H and O–H groups in total. The van der Waals surface area contributed by atoms with Crippen LogP contribution >= 0.6 is 11.6 Å². The van der Waals surface area contributed by atoms with Crippen molar-refractivity contribution in [3.63, 3.8) is 0 Å². The molecule has 0 saturated heterocycles. The van der Waals surface area contributed by atoms with Crippen molar-refractivity contribution in [1.82, 2.24) is 25.2 Å². The largest absolute Gasteiger partial charge is 0.465 e. The zero-order chi connectivity index (χ0) is 21.8. The van der Waals surface area contributed by atoms with E-state index < -0.39 is 22.6 Å². The summed E-state index contributed by atoms with van der Waals surface area (Å²) in [4.78, 5) is 37.8. The van der Waals surface area contributed by atoms with Gasteiger partial charge < -0.3 is 24.7 Å². The summed E-state index contributed by atoms with van der Waals surface area (Å²) in [6, 6.07) is 6.50. The molecule has 0 atom stereocenters. The van der Waals surface area contributed by atoms with Crippen LogP contribution in [-0.4, -0.2) is 43.8 Å². The van der Waals surface area contributed by atoms with Crippen molar-refractivity contribution in [3.8, 4) is 0 Å². The Morgan fingerprint density at radius 1 is 1.33 bits per heavy atom. The molecule has 3 rings (SSSR count). The lowest BCUT2D eigenvalue weighted by Crippen LogP contribution is -2.23. The van der Waals surface area contributed by atoms with Gasteiger partial charge in [0.1, 0.15) is 6.54 Å². The molecule has 12 nitrogen and oxygen atoms in total. The molecular weight excluding hydrogens is 420 g/mol. The number of nitrogens with one attached hydrogen (secondary N) is 1. The number of benzene rings is 1. The van der Waals surface area contributed by atoms with E-state index in [2.05, 4.69) is 25.3 Å². The number of ether oxygens (including phenoxy) is 1. The molecule has 0 fully saturated rings. The Morgan fingerprint density at radius 3 is 2.63 bits per heavy atom. The normalized spacial score (nSPS) is 10.6. The number of esters is 1. The molecule has 0 spiro atoms. The van der Waals surface area contributed by atoms with Crippen molar-refractivity contribution < 1.29 is 23.8 Å². The molecule has 1 amide bonds. The van der Waals surface area contributed by atoms with Gasteiger partial charge in [0, 0.05) is 6.54 Å². The highest BCUT2D eigenvalue weighted by Gasteiger charge is 2.25. The van der Waals surface area contributed by atoms with Crippen LogP contribution in [0.2, 0.25) is 5.02 Å². The first kappa shape index (κ1) is 20.9. The molecule has 0 radical (unpaired) electrons. The Morgan fingerprint density at radius 2 is 2.03 bits per heavy atom. The highest BCUT2D eigenvalue weighted by Crippen LogP contribution is 2.26. The van der Waals surface area contributed by atoms with Gasteiger partial charge in [-0.1, -0.05) is 28.9 Å². The first-order valence-corrected chi connectivity index (χ1v) is 8.83. The van der Waals surface area contributed by atoms with Crippen molar-refractivity contribution in [2.75, 3.05) is 7.11 Å². The van der Waals surface area contributed by atoms with E-state index in [9.17, 15) is 19.7 Å². The second-order valence-electron chi connectivity index (χ2n) is 6.02. The van der Waals surface area contributed by atoms with Crippen molar-refractivity contribution >= 4 is 29.3 Å². The van der Waals surface area contributed by atoms with Crippen molar-refractivity contribution in [2.45, 2.75) is 20.0 Å². The summed E-state index contributed by atoms with van der Waals surface area (Å²) in [5.74, 6) is -1.72. The monoisotopic (exact) mass is 434 g/mol. The molecule has 0 saturated carbocycles. The number of methoxy groups -OCH3 is 1. The maximum absolute atomic E-state index is 12.2. The lowest BCUT2D eigenvalue weighted by atomic mass is 10.1. The first-order valence-electron chi connectivity index (χ1n) is 8.45. The summed E-state index contributed by atoms with van der Waals surface area (Å²) in [6.45, 7) is 1.66. The molecule has 13 heteroatoms. The van der Waals surface area contributed by atoms with E-state index in [1.165, 1.54) is 11.8 Å². The molecule has 0 aliphatic rings. The van der Waals surface area contributed by atoms with Crippen LogP contribution in [0.15, 0.2) is 28.8 Å². The minimum absolute atomic E-state index is 0.0643. The molecule has 0 aliphatic heterocycles. The standard InChI is InChI=1S/C17H15ClN6O6/c1-9-13(18)14(24(27)28)21-23(9)8-12-20-16(30-22-12)15(25)19-7-10-3-5-11(6-4-10)17(26)29-2/h3-6H,7-8H2,1-2H3,(H,19,25). The van der Waals surface area contributed by atoms with Gasteiger partial charge in [-0.3, -0.25) is 4.79 Å². The van der Waals surface area contributed by atoms with Crippen LogP contribution in [0.3, 0.4) is 0 Å². The summed E-state index contributed by atoms with van der Waals surface area (Å²) in [6.07, 6.45) is 0. The SMILES string of the molecule is COC(=O)c1ccc(CNC(=O)c2nc(Cn3nc([N+](=O)[O-])c(Cl)c3C)no2)cc1. The third-order valence-electron chi connectivity index (χ3n) is 4.07. The van der Waals surface area contributed by atoms with Crippen LogP contribution in [-0.2, 0) is 17.8 Å². The number of nitro groups is 1. The molecule has 3 aromatic rings. The molecule has 1 aromatic carbocycles. The first-order chi connectivity index (χ1) is 14.3. The van der Waals surface area contributed by atoms with Crippen LogP contribution in [0.1, 0.15) is 38.1 Å². The van der Waals surface area contributed by atoms with Crippen molar-refractivity contribution in [2.24, 2.45) is 0 Å². The highest BCUT2D eigenvalue weighted by molar-refractivity contribution is 6.33. The van der Waals surface area contributed by atoms with Gasteiger partial charge in [-0.05, 0) is 29.5 Å². The quantitative estimate of drug-likeness (QED) is 0.333. The van der Waals surface area contributed by atoms with E-state index in [1.807, 2.05) is 0 Å². The molecule has 2 aromatic heterocycles. The summed E-state index contributed by atoms with van der Waals surface area (Å²) >= 11 is 5.89. The summed E-state index contributed by atoms with van der Waals surface area (Å²) in [5.41, 5.74) is 1.49.